The van der Waals surface area contributed by atoms with Crippen molar-refractivity contribution in [3.8, 4) is 0 Å². The molecule has 0 radical (unpaired) electrons. The molecule has 2 heterocycles. The van der Waals surface area contributed by atoms with Crippen LogP contribution in [0.25, 0.3) is 0 Å². The van der Waals surface area contributed by atoms with Crippen LogP contribution >= 0.6 is 0 Å². The third-order valence-electron chi connectivity index (χ3n) is 4.36. The van der Waals surface area contributed by atoms with Gasteiger partial charge in [0.2, 0.25) is 0 Å². The van der Waals surface area contributed by atoms with Crippen LogP contribution in [0.1, 0.15) is 36.0 Å². The summed E-state index contributed by atoms with van der Waals surface area (Å²) in [4.78, 5) is 18.8. The molecule has 1 fully saturated rings. The summed E-state index contributed by atoms with van der Waals surface area (Å²) in [6.07, 6.45) is 3.22. The molecule has 1 aromatic heterocycles. The molecule has 122 valence electrons. The Kier molecular flexibility index (Phi) is 4.48. The van der Waals surface area contributed by atoms with Crippen molar-refractivity contribution in [2.24, 2.45) is 13.0 Å². The Balaban J connectivity index is 1.85. The van der Waals surface area contributed by atoms with Crippen LogP contribution < -0.4 is 0 Å². The van der Waals surface area contributed by atoms with E-state index in [1.807, 2.05) is 30.1 Å². The number of amides is 1. The fourth-order valence-corrected chi connectivity index (χ4v) is 2.90. The van der Waals surface area contributed by atoms with E-state index in [1.54, 1.807) is 17.1 Å². The van der Waals surface area contributed by atoms with E-state index < -0.39 is 0 Å². The third kappa shape index (κ3) is 3.29. The molecule has 2 aromatic rings. The van der Waals surface area contributed by atoms with Crippen LogP contribution in [-0.2, 0) is 11.8 Å². The summed E-state index contributed by atoms with van der Waals surface area (Å²) in [6, 6.07) is 10.1. The summed E-state index contributed by atoms with van der Waals surface area (Å²) < 4.78 is 8.01. The second kappa shape index (κ2) is 6.54. The quantitative estimate of drug-likeness (QED) is 0.875. The van der Waals surface area contributed by atoms with Crippen LogP contribution in [0.2, 0.25) is 0 Å². The zero-order chi connectivity index (χ0) is 16.4. The fraction of sp³-hybridized carbons (Fsp3) is 0.444. The van der Waals surface area contributed by atoms with Gasteiger partial charge in [0.05, 0.1) is 25.2 Å². The molecule has 0 saturated carbocycles. The van der Waals surface area contributed by atoms with Gasteiger partial charge in [0.25, 0.3) is 5.91 Å². The molecule has 0 bridgehead atoms. The first-order valence-corrected chi connectivity index (χ1v) is 8.02. The van der Waals surface area contributed by atoms with E-state index in [9.17, 15) is 4.79 Å². The fourth-order valence-electron chi connectivity index (χ4n) is 2.90. The first-order valence-electron chi connectivity index (χ1n) is 8.02. The monoisotopic (exact) mass is 313 g/mol. The van der Waals surface area contributed by atoms with Gasteiger partial charge in [-0.2, -0.15) is 0 Å². The highest BCUT2D eigenvalue weighted by molar-refractivity contribution is 5.92. The van der Waals surface area contributed by atoms with Gasteiger partial charge in [-0.05, 0) is 11.5 Å². The molecule has 0 N–H and O–H groups in total. The topological polar surface area (TPSA) is 47.4 Å². The largest absolute Gasteiger partial charge is 0.366 e. The molecule has 1 saturated heterocycles. The minimum atomic E-state index is -0.0884. The van der Waals surface area contributed by atoms with Crippen molar-refractivity contribution in [3.05, 3.63) is 54.1 Å². The summed E-state index contributed by atoms with van der Waals surface area (Å²) in [5.41, 5.74) is 1.72. The van der Waals surface area contributed by atoms with Crippen molar-refractivity contribution >= 4 is 5.91 Å². The molecule has 0 unspecified atom stereocenters. The maximum Gasteiger partial charge on any atom is 0.272 e. The Morgan fingerprint density at radius 1 is 1.26 bits per heavy atom. The average Bonchev–Trinajstić information content (AvgIpc) is 3.00. The second-order valence-corrected chi connectivity index (χ2v) is 6.42. The first-order chi connectivity index (χ1) is 11.1. The standard InChI is InChI=1S/C18H23N3O2/c1-13(2)16-10-21(18(22)15-9-19-12-20(15)3)11-17(23-16)14-7-5-4-6-8-14/h4-9,12-13,16-17H,10-11H2,1-3H3/t16-,17+/m1/s1. The Labute approximate surface area is 136 Å². The average molecular weight is 313 g/mol. The number of imidazole rings is 1. The summed E-state index contributed by atoms with van der Waals surface area (Å²) in [5, 5.41) is 0. The highest BCUT2D eigenvalue weighted by Crippen LogP contribution is 2.28. The van der Waals surface area contributed by atoms with Crippen molar-refractivity contribution in [3.63, 3.8) is 0 Å². The Morgan fingerprint density at radius 3 is 2.61 bits per heavy atom. The predicted molar refractivity (Wildman–Crippen MR) is 88.0 cm³/mol. The van der Waals surface area contributed by atoms with E-state index >= 15 is 0 Å². The molecule has 5 nitrogen and oxygen atoms in total. The van der Waals surface area contributed by atoms with Crippen LogP contribution in [0.5, 0.6) is 0 Å². The highest BCUT2D eigenvalue weighted by atomic mass is 16.5. The van der Waals surface area contributed by atoms with E-state index in [-0.39, 0.29) is 18.1 Å². The van der Waals surface area contributed by atoms with Crippen molar-refractivity contribution in [1.82, 2.24) is 14.5 Å². The molecule has 5 heteroatoms. The highest BCUT2D eigenvalue weighted by Gasteiger charge is 2.33. The Bertz CT molecular complexity index is 666. The van der Waals surface area contributed by atoms with Gasteiger partial charge in [0, 0.05) is 13.6 Å². The number of carbonyl (C=O) groups excluding carboxylic acids is 1. The van der Waals surface area contributed by atoms with Gasteiger partial charge < -0.3 is 14.2 Å². The lowest BCUT2D eigenvalue weighted by Gasteiger charge is -2.40. The van der Waals surface area contributed by atoms with E-state index in [0.29, 0.717) is 24.7 Å². The molecular weight excluding hydrogens is 290 g/mol. The number of benzene rings is 1. The van der Waals surface area contributed by atoms with Crippen LogP contribution in [0.4, 0.5) is 0 Å². The predicted octanol–water partition coefficient (Wildman–Crippen LogP) is 2.66. The number of hydrogen-bond donors (Lipinski definition) is 0. The van der Waals surface area contributed by atoms with Crippen molar-refractivity contribution in [2.75, 3.05) is 13.1 Å². The summed E-state index contributed by atoms with van der Waals surface area (Å²) >= 11 is 0. The van der Waals surface area contributed by atoms with Crippen LogP contribution in [-0.4, -0.2) is 39.6 Å². The number of rotatable bonds is 3. The summed E-state index contributed by atoms with van der Waals surface area (Å²) in [6.45, 7) is 5.44. The number of hydrogen-bond acceptors (Lipinski definition) is 3. The summed E-state index contributed by atoms with van der Waals surface area (Å²) in [7, 11) is 1.84. The Hall–Kier alpha value is -2.14. The van der Waals surface area contributed by atoms with E-state index in [1.165, 1.54) is 0 Å². The maximum absolute atomic E-state index is 12.8. The van der Waals surface area contributed by atoms with Gasteiger partial charge in [0.1, 0.15) is 11.8 Å². The van der Waals surface area contributed by atoms with Gasteiger partial charge in [-0.3, -0.25) is 4.79 Å². The number of aryl methyl sites for hydroxylation is 1. The van der Waals surface area contributed by atoms with E-state index in [2.05, 4.69) is 31.0 Å². The minimum Gasteiger partial charge on any atom is -0.366 e. The third-order valence-corrected chi connectivity index (χ3v) is 4.36. The normalized spacial score (nSPS) is 21.7. The molecule has 0 aliphatic carbocycles. The van der Waals surface area contributed by atoms with Crippen LogP contribution in [0, 0.1) is 5.92 Å². The molecular formula is C18H23N3O2. The molecule has 1 aliphatic rings. The zero-order valence-electron chi connectivity index (χ0n) is 13.8. The van der Waals surface area contributed by atoms with Crippen molar-refractivity contribution in [2.45, 2.75) is 26.1 Å². The molecule has 3 rings (SSSR count). The SMILES string of the molecule is CC(C)[C@H]1CN(C(=O)c2cncn2C)C[C@@H](c2ccccc2)O1. The van der Waals surface area contributed by atoms with Gasteiger partial charge in [-0.15, -0.1) is 0 Å². The molecule has 2 atom stereocenters. The lowest BCUT2D eigenvalue weighted by Crippen LogP contribution is -2.49. The zero-order valence-corrected chi connectivity index (χ0v) is 13.8. The van der Waals surface area contributed by atoms with Crippen LogP contribution in [0.15, 0.2) is 42.9 Å². The number of ether oxygens (including phenoxy) is 1. The number of morpholine rings is 1. The number of aromatic nitrogens is 2. The maximum atomic E-state index is 12.8. The number of nitrogens with zero attached hydrogens (tertiary/aromatic N) is 3. The van der Waals surface area contributed by atoms with Crippen LogP contribution in [0.3, 0.4) is 0 Å². The lowest BCUT2D eigenvalue weighted by molar-refractivity contribution is -0.0956. The van der Waals surface area contributed by atoms with E-state index in [0.717, 1.165) is 5.56 Å². The summed E-state index contributed by atoms with van der Waals surface area (Å²) in [5.74, 6) is 0.364. The van der Waals surface area contributed by atoms with Gasteiger partial charge in [0.15, 0.2) is 0 Å². The molecule has 23 heavy (non-hydrogen) atoms. The smallest absolute Gasteiger partial charge is 0.272 e. The van der Waals surface area contributed by atoms with E-state index in [4.69, 9.17) is 4.74 Å². The lowest BCUT2D eigenvalue weighted by atomic mass is 10.0. The minimum absolute atomic E-state index is 0.0138. The Morgan fingerprint density at radius 2 is 2.00 bits per heavy atom. The molecule has 1 aromatic carbocycles. The molecule has 1 aliphatic heterocycles. The molecule has 1 amide bonds. The molecule has 0 spiro atoms. The first kappa shape index (κ1) is 15.7. The van der Waals surface area contributed by atoms with Gasteiger partial charge in [-0.25, -0.2) is 4.98 Å². The number of carbonyl (C=O) groups is 1. The van der Waals surface area contributed by atoms with Crippen molar-refractivity contribution < 1.29 is 9.53 Å². The second-order valence-electron chi connectivity index (χ2n) is 6.42. The van der Waals surface area contributed by atoms with Gasteiger partial charge >= 0.3 is 0 Å². The van der Waals surface area contributed by atoms with Crippen molar-refractivity contribution in [1.29, 1.82) is 0 Å². The van der Waals surface area contributed by atoms with Gasteiger partial charge in [-0.1, -0.05) is 44.2 Å².